The summed E-state index contributed by atoms with van der Waals surface area (Å²) < 4.78 is 0. The van der Waals surface area contributed by atoms with Crippen LogP contribution < -0.4 is 0 Å². The fraction of sp³-hybridized carbons (Fsp3) is 0.100. The Hall–Kier alpha value is -1.08. The number of fused-ring (bicyclic) bond motifs is 1. The molecule has 0 saturated carbocycles. The number of carbonyl (C=O) groups excluding carboxylic acids is 1. The van der Waals surface area contributed by atoms with Gasteiger partial charge in [-0.2, -0.15) is 0 Å². The zero-order chi connectivity index (χ0) is 8.55. The van der Waals surface area contributed by atoms with Crippen LogP contribution in [0, 0.1) is 0 Å². The summed E-state index contributed by atoms with van der Waals surface area (Å²) in [7, 11) is 0. The van der Waals surface area contributed by atoms with E-state index in [0.29, 0.717) is 5.02 Å². The molecule has 0 aromatic heterocycles. The summed E-state index contributed by atoms with van der Waals surface area (Å²) in [6, 6.07) is 5.65. The fourth-order valence-electron chi connectivity index (χ4n) is 1.44. The Labute approximate surface area is 75.7 Å². The van der Waals surface area contributed by atoms with Crippen LogP contribution in [0.15, 0.2) is 24.3 Å². The molecule has 1 nitrogen and oxygen atoms in total. The number of hydrogen-bond donors (Lipinski definition) is 0. The van der Waals surface area contributed by atoms with Crippen molar-refractivity contribution >= 4 is 23.5 Å². The van der Waals surface area contributed by atoms with Crippen LogP contribution in [0.4, 0.5) is 0 Å². The summed E-state index contributed by atoms with van der Waals surface area (Å²) >= 11 is 5.80. The van der Waals surface area contributed by atoms with Gasteiger partial charge in [0.05, 0.1) is 0 Å². The molecule has 1 aromatic rings. The van der Waals surface area contributed by atoms with Gasteiger partial charge in [-0.3, -0.25) is 4.79 Å². The molecule has 0 bridgehead atoms. The predicted octanol–water partition coefficient (Wildman–Crippen LogP) is 2.48. The summed E-state index contributed by atoms with van der Waals surface area (Å²) in [5, 5.41) is 0.684. The Bertz CT molecular complexity index is 366. The van der Waals surface area contributed by atoms with E-state index in [2.05, 4.69) is 0 Å². The molecule has 0 radical (unpaired) electrons. The average molecular weight is 179 g/mol. The van der Waals surface area contributed by atoms with E-state index in [1.807, 2.05) is 24.3 Å². The maximum atomic E-state index is 10.6. The lowest BCUT2D eigenvalue weighted by Gasteiger charge is -1.99. The number of benzene rings is 1. The average Bonchev–Trinajstić information content (AvgIpc) is 2.46. The molecule has 0 amide bonds. The molecule has 0 unspecified atom stereocenters. The second-order valence-electron chi connectivity index (χ2n) is 2.78. The van der Waals surface area contributed by atoms with Gasteiger partial charge in [-0.1, -0.05) is 23.7 Å². The molecule has 0 saturated heterocycles. The first-order valence-electron chi connectivity index (χ1n) is 3.75. The Morgan fingerprint density at radius 3 is 3.00 bits per heavy atom. The Morgan fingerprint density at radius 1 is 1.42 bits per heavy atom. The maximum Gasteiger partial charge on any atom is 0.150 e. The van der Waals surface area contributed by atoms with Crippen LogP contribution in [0.5, 0.6) is 0 Å². The van der Waals surface area contributed by atoms with E-state index in [4.69, 9.17) is 11.6 Å². The Balaban J connectivity index is 2.57. The van der Waals surface area contributed by atoms with Crippen LogP contribution in [0.25, 0.3) is 5.57 Å². The highest BCUT2D eigenvalue weighted by molar-refractivity contribution is 6.31. The minimum absolute atomic E-state index is 0.684. The van der Waals surface area contributed by atoms with Crippen molar-refractivity contribution < 1.29 is 4.79 Å². The molecule has 0 atom stereocenters. The standard InChI is InChI=1S/C10H7ClO/c11-9-4-3-7-1-2-8(6-12)10(7)5-9/h2-6H,1H2. The number of halogens is 1. The van der Waals surface area contributed by atoms with Crippen molar-refractivity contribution in [1.29, 1.82) is 0 Å². The molecule has 0 fully saturated rings. The summed E-state index contributed by atoms with van der Waals surface area (Å²) in [5.74, 6) is 0. The van der Waals surface area contributed by atoms with Gasteiger partial charge < -0.3 is 0 Å². The zero-order valence-corrected chi connectivity index (χ0v) is 7.14. The highest BCUT2D eigenvalue weighted by atomic mass is 35.5. The van der Waals surface area contributed by atoms with Gasteiger partial charge in [0.25, 0.3) is 0 Å². The van der Waals surface area contributed by atoms with E-state index in [-0.39, 0.29) is 0 Å². The first-order chi connectivity index (χ1) is 5.81. The summed E-state index contributed by atoms with van der Waals surface area (Å²) in [4.78, 5) is 10.6. The second kappa shape index (κ2) is 2.76. The van der Waals surface area contributed by atoms with Crippen LogP contribution >= 0.6 is 11.6 Å². The number of allylic oxidation sites excluding steroid dienone is 2. The van der Waals surface area contributed by atoms with Gasteiger partial charge in [0.1, 0.15) is 6.29 Å². The van der Waals surface area contributed by atoms with E-state index in [1.54, 1.807) is 0 Å². The summed E-state index contributed by atoms with van der Waals surface area (Å²) in [6.45, 7) is 0. The van der Waals surface area contributed by atoms with E-state index in [9.17, 15) is 4.79 Å². The number of aldehydes is 1. The van der Waals surface area contributed by atoms with Gasteiger partial charge in [0.15, 0.2) is 0 Å². The minimum Gasteiger partial charge on any atom is -0.298 e. The molecule has 12 heavy (non-hydrogen) atoms. The van der Waals surface area contributed by atoms with Crippen molar-refractivity contribution in [2.24, 2.45) is 0 Å². The molecule has 1 aliphatic rings. The van der Waals surface area contributed by atoms with Crippen molar-refractivity contribution in [3.63, 3.8) is 0 Å². The van der Waals surface area contributed by atoms with E-state index in [1.165, 1.54) is 5.56 Å². The van der Waals surface area contributed by atoms with E-state index < -0.39 is 0 Å². The first kappa shape index (κ1) is 7.56. The molecule has 0 aliphatic heterocycles. The van der Waals surface area contributed by atoms with Crippen LogP contribution in [-0.4, -0.2) is 6.29 Å². The largest absolute Gasteiger partial charge is 0.298 e. The predicted molar refractivity (Wildman–Crippen MR) is 49.2 cm³/mol. The third kappa shape index (κ3) is 1.07. The molecule has 0 N–H and O–H groups in total. The van der Waals surface area contributed by atoms with Crippen LogP contribution in [0.3, 0.4) is 0 Å². The quantitative estimate of drug-likeness (QED) is 0.604. The topological polar surface area (TPSA) is 17.1 Å². The van der Waals surface area contributed by atoms with Gasteiger partial charge in [-0.15, -0.1) is 0 Å². The van der Waals surface area contributed by atoms with Crippen molar-refractivity contribution in [1.82, 2.24) is 0 Å². The van der Waals surface area contributed by atoms with Crippen molar-refractivity contribution in [3.8, 4) is 0 Å². The fourth-order valence-corrected chi connectivity index (χ4v) is 1.61. The van der Waals surface area contributed by atoms with E-state index >= 15 is 0 Å². The first-order valence-corrected chi connectivity index (χ1v) is 4.13. The highest BCUT2D eigenvalue weighted by Crippen LogP contribution is 2.28. The molecular formula is C10H7ClO. The van der Waals surface area contributed by atoms with Crippen LogP contribution in [0.2, 0.25) is 5.02 Å². The number of carbonyl (C=O) groups is 1. The molecule has 1 aliphatic carbocycles. The zero-order valence-electron chi connectivity index (χ0n) is 6.38. The Morgan fingerprint density at radius 2 is 2.25 bits per heavy atom. The third-order valence-corrected chi connectivity index (χ3v) is 2.29. The molecule has 2 heteroatoms. The Kier molecular flexibility index (Phi) is 1.74. The van der Waals surface area contributed by atoms with Crippen LogP contribution in [0.1, 0.15) is 11.1 Å². The third-order valence-electron chi connectivity index (χ3n) is 2.05. The monoisotopic (exact) mass is 178 g/mol. The normalized spacial score (nSPS) is 13.9. The smallest absolute Gasteiger partial charge is 0.150 e. The van der Waals surface area contributed by atoms with Crippen molar-refractivity contribution in [2.75, 3.05) is 0 Å². The second-order valence-corrected chi connectivity index (χ2v) is 3.22. The van der Waals surface area contributed by atoms with Crippen molar-refractivity contribution in [3.05, 3.63) is 40.4 Å². The van der Waals surface area contributed by atoms with Gasteiger partial charge in [-0.25, -0.2) is 0 Å². The molecule has 0 spiro atoms. The van der Waals surface area contributed by atoms with E-state index in [0.717, 1.165) is 23.8 Å². The molecule has 0 heterocycles. The van der Waals surface area contributed by atoms with Crippen LogP contribution in [-0.2, 0) is 11.2 Å². The lowest BCUT2D eigenvalue weighted by atomic mass is 10.1. The van der Waals surface area contributed by atoms with Gasteiger partial charge in [0, 0.05) is 10.6 Å². The SMILES string of the molecule is O=CC1=CCc2ccc(Cl)cc21. The molecular weight excluding hydrogens is 172 g/mol. The number of rotatable bonds is 1. The van der Waals surface area contributed by atoms with Gasteiger partial charge in [0.2, 0.25) is 0 Å². The summed E-state index contributed by atoms with van der Waals surface area (Å²) in [5.41, 5.74) is 2.92. The summed E-state index contributed by atoms with van der Waals surface area (Å²) in [6.07, 6.45) is 3.65. The van der Waals surface area contributed by atoms with Gasteiger partial charge in [-0.05, 0) is 29.7 Å². The lowest BCUT2D eigenvalue weighted by Crippen LogP contribution is -1.84. The maximum absolute atomic E-state index is 10.6. The molecule has 1 aromatic carbocycles. The number of hydrogen-bond acceptors (Lipinski definition) is 1. The highest BCUT2D eigenvalue weighted by Gasteiger charge is 2.12. The molecule has 2 rings (SSSR count). The van der Waals surface area contributed by atoms with Crippen molar-refractivity contribution in [2.45, 2.75) is 6.42 Å². The minimum atomic E-state index is 0.684. The molecule has 60 valence electrons. The van der Waals surface area contributed by atoms with Gasteiger partial charge >= 0.3 is 0 Å². The lowest BCUT2D eigenvalue weighted by molar-refractivity contribution is -0.103.